The lowest BCUT2D eigenvalue weighted by Crippen LogP contribution is -2.42. The Morgan fingerprint density at radius 1 is 1.19 bits per heavy atom. The predicted octanol–water partition coefficient (Wildman–Crippen LogP) is 4.75. The van der Waals surface area contributed by atoms with Gasteiger partial charge < -0.3 is 14.2 Å². The number of aryl methyl sites for hydroxylation is 1. The first kappa shape index (κ1) is 21.9. The van der Waals surface area contributed by atoms with Crippen molar-refractivity contribution in [2.75, 3.05) is 32.8 Å². The van der Waals surface area contributed by atoms with Gasteiger partial charge in [0.25, 0.3) is 0 Å². The number of morpholine rings is 1. The average molecular weight is 500 g/mol. The molecule has 5 rings (SSSR count). The number of carbonyl (C=O) groups is 1. The first-order valence-electron chi connectivity index (χ1n) is 11.5. The maximum absolute atomic E-state index is 12.9. The van der Waals surface area contributed by atoms with Crippen molar-refractivity contribution in [1.29, 1.82) is 0 Å². The van der Waals surface area contributed by atoms with Gasteiger partial charge in [-0.3, -0.25) is 9.69 Å². The molecular formula is C26H30BrNO4. The van der Waals surface area contributed by atoms with E-state index in [0.29, 0.717) is 6.61 Å². The summed E-state index contributed by atoms with van der Waals surface area (Å²) in [5.41, 5.74) is 5.95. The molecule has 2 aromatic rings. The molecule has 0 bridgehead atoms. The highest BCUT2D eigenvalue weighted by Crippen LogP contribution is 2.50. The highest BCUT2D eigenvalue weighted by molar-refractivity contribution is 9.10. The fourth-order valence-corrected chi connectivity index (χ4v) is 5.89. The molecule has 5 nitrogen and oxygen atoms in total. The van der Waals surface area contributed by atoms with Crippen molar-refractivity contribution >= 4 is 21.9 Å². The minimum Gasteiger partial charge on any atom is -0.489 e. The standard InChI is InChI=1S/C26H30BrNO4/c1-16-13-23(31-15-18-5-3-4-6-22(18)27)17(2)24-19(16)7-8-20-21(26(29)32-25(20)24)14-28-9-11-30-12-10-28/h3-6,13,20-21,25H,7-12,14-15H2,1-2H3/t20?,21?,25-/m1/s1. The van der Waals surface area contributed by atoms with Crippen molar-refractivity contribution in [1.82, 2.24) is 4.90 Å². The number of halogens is 1. The van der Waals surface area contributed by atoms with E-state index in [1.165, 1.54) is 16.7 Å². The molecule has 0 amide bonds. The minimum atomic E-state index is -0.164. The second-order valence-corrected chi connectivity index (χ2v) is 10.0. The summed E-state index contributed by atoms with van der Waals surface area (Å²) >= 11 is 3.60. The topological polar surface area (TPSA) is 48.0 Å². The third-order valence-corrected chi connectivity index (χ3v) is 8.06. The number of nitrogens with zero attached hydrogens (tertiary/aromatic N) is 1. The summed E-state index contributed by atoms with van der Waals surface area (Å²) in [5, 5.41) is 0. The number of ether oxygens (including phenoxy) is 3. The molecule has 3 aliphatic rings. The molecule has 2 saturated heterocycles. The van der Waals surface area contributed by atoms with Crippen LogP contribution in [0.15, 0.2) is 34.8 Å². The van der Waals surface area contributed by atoms with Crippen LogP contribution in [0.25, 0.3) is 0 Å². The Morgan fingerprint density at radius 2 is 1.97 bits per heavy atom. The Hall–Kier alpha value is -1.89. The first-order valence-corrected chi connectivity index (χ1v) is 12.3. The largest absolute Gasteiger partial charge is 0.489 e. The van der Waals surface area contributed by atoms with Crippen molar-refractivity contribution in [3.8, 4) is 5.75 Å². The molecule has 2 unspecified atom stereocenters. The van der Waals surface area contributed by atoms with Gasteiger partial charge in [0, 0.05) is 41.2 Å². The fourth-order valence-electron chi connectivity index (χ4n) is 5.50. The Kier molecular flexibility index (Phi) is 6.28. The van der Waals surface area contributed by atoms with Crippen molar-refractivity contribution in [2.24, 2.45) is 11.8 Å². The van der Waals surface area contributed by atoms with Crippen LogP contribution in [-0.4, -0.2) is 43.7 Å². The molecule has 2 aromatic carbocycles. The molecule has 2 fully saturated rings. The van der Waals surface area contributed by atoms with Crippen LogP contribution in [0.5, 0.6) is 5.75 Å². The molecule has 6 heteroatoms. The normalized spacial score (nSPS) is 25.2. The molecule has 32 heavy (non-hydrogen) atoms. The van der Waals surface area contributed by atoms with Gasteiger partial charge in [0.1, 0.15) is 18.5 Å². The van der Waals surface area contributed by atoms with Crippen LogP contribution in [0.1, 0.15) is 40.3 Å². The van der Waals surface area contributed by atoms with E-state index in [4.69, 9.17) is 14.2 Å². The Bertz CT molecular complexity index is 1020. The molecule has 2 heterocycles. The number of fused-ring (bicyclic) bond motifs is 3. The third-order valence-electron chi connectivity index (χ3n) is 7.29. The number of benzene rings is 2. The van der Waals surface area contributed by atoms with Crippen molar-refractivity contribution in [3.63, 3.8) is 0 Å². The maximum Gasteiger partial charge on any atom is 0.311 e. The molecule has 0 aromatic heterocycles. The van der Waals surface area contributed by atoms with E-state index < -0.39 is 0 Å². The third kappa shape index (κ3) is 4.09. The lowest BCUT2D eigenvalue weighted by molar-refractivity contribution is -0.145. The Labute approximate surface area is 198 Å². The summed E-state index contributed by atoms with van der Waals surface area (Å²) in [6.45, 7) is 8.80. The van der Waals surface area contributed by atoms with Crippen molar-refractivity contribution < 1.29 is 19.0 Å². The van der Waals surface area contributed by atoms with Gasteiger partial charge in [-0.2, -0.15) is 0 Å². The molecule has 0 N–H and O–H groups in total. The van der Waals surface area contributed by atoms with Gasteiger partial charge in [-0.25, -0.2) is 0 Å². The molecule has 170 valence electrons. The number of carbonyl (C=O) groups excluding carboxylic acids is 1. The van der Waals surface area contributed by atoms with Crippen LogP contribution in [0.2, 0.25) is 0 Å². The van der Waals surface area contributed by atoms with Gasteiger partial charge in [0.2, 0.25) is 0 Å². The molecule has 1 aliphatic carbocycles. The lowest BCUT2D eigenvalue weighted by atomic mass is 9.74. The maximum atomic E-state index is 12.9. The SMILES string of the molecule is Cc1cc(OCc2ccccc2Br)c(C)c2c1CCC1C(CN3CCOCC3)C(=O)O[C@@H]21. The highest BCUT2D eigenvalue weighted by atomic mass is 79.9. The van der Waals surface area contributed by atoms with E-state index >= 15 is 0 Å². The predicted molar refractivity (Wildman–Crippen MR) is 126 cm³/mol. The lowest BCUT2D eigenvalue weighted by Gasteiger charge is -2.34. The average Bonchev–Trinajstić information content (AvgIpc) is 3.11. The van der Waals surface area contributed by atoms with E-state index in [0.717, 1.165) is 67.0 Å². The quantitative estimate of drug-likeness (QED) is 0.555. The van der Waals surface area contributed by atoms with E-state index in [1.807, 2.05) is 18.2 Å². The smallest absolute Gasteiger partial charge is 0.311 e. The number of esters is 1. The Morgan fingerprint density at radius 3 is 2.75 bits per heavy atom. The Balaban J connectivity index is 1.40. The van der Waals surface area contributed by atoms with E-state index in [9.17, 15) is 4.79 Å². The summed E-state index contributed by atoms with van der Waals surface area (Å²) in [5.74, 6) is 1.01. The summed E-state index contributed by atoms with van der Waals surface area (Å²) in [6.07, 6.45) is 1.82. The minimum absolute atomic E-state index is 0.0454. The van der Waals surface area contributed by atoms with Gasteiger partial charge in [-0.1, -0.05) is 34.1 Å². The first-order chi connectivity index (χ1) is 15.5. The number of hydrogen-bond donors (Lipinski definition) is 0. The van der Waals surface area contributed by atoms with E-state index in [1.54, 1.807) is 0 Å². The van der Waals surface area contributed by atoms with Crippen LogP contribution < -0.4 is 4.74 Å². The zero-order valence-electron chi connectivity index (χ0n) is 18.7. The van der Waals surface area contributed by atoms with Crippen LogP contribution >= 0.6 is 15.9 Å². The molecule has 0 radical (unpaired) electrons. The van der Waals surface area contributed by atoms with Crippen LogP contribution in [-0.2, 0) is 27.3 Å². The monoisotopic (exact) mass is 499 g/mol. The second-order valence-electron chi connectivity index (χ2n) is 9.17. The molecular weight excluding hydrogens is 470 g/mol. The summed E-state index contributed by atoms with van der Waals surface area (Å²) in [4.78, 5) is 15.3. The second kappa shape index (κ2) is 9.16. The molecule has 0 saturated carbocycles. The fraction of sp³-hybridized carbons (Fsp3) is 0.500. The van der Waals surface area contributed by atoms with Crippen LogP contribution in [0.3, 0.4) is 0 Å². The van der Waals surface area contributed by atoms with E-state index in [-0.39, 0.29) is 23.9 Å². The van der Waals surface area contributed by atoms with Gasteiger partial charge >= 0.3 is 5.97 Å². The van der Waals surface area contributed by atoms with Crippen LogP contribution in [0.4, 0.5) is 0 Å². The van der Waals surface area contributed by atoms with E-state index in [2.05, 4.69) is 46.8 Å². The van der Waals surface area contributed by atoms with Gasteiger partial charge in [-0.05, 0) is 55.5 Å². The number of hydrogen-bond acceptors (Lipinski definition) is 5. The molecule has 0 spiro atoms. The van der Waals surface area contributed by atoms with Crippen LogP contribution in [0, 0.1) is 25.7 Å². The summed E-state index contributed by atoms with van der Waals surface area (Å²) < 4.78 is 18.9. The zero-order chi connectivity index (χ0) is 22.2. The zero-order valence-corrected chi connectivity index (χ0v) is 20.3. The van der Waals surface area contributed by atoms with Gasteiger partial charge in [0.05, 0.1) is 19.1 Å². The summed E-state index contributed by atoms with van der Waals surface area (Å²) in [7, 11) is 0. The summed E-state index contributed by atoms with van der Waals surface area (Å²) in [6, 6.07) is 10.3. The van der Waals surface area contributed by atoms with Crippen molar-refractivity contribution in [3.05, 3.63) is 62.6 Å². The van der Waals surface area contributed by atoms with Gasteiger partial charge in [0.15, 0.2) is 0 Å². The molecule has 2 aliphatic heterocycles. The molecule has 3 atom stereocenters. The highest BCUT2D eigenvalue weighted by Gasteiger charge is 2.49. The number of rotatable bonds is 5. The van der Waals surface area contributed by atoms with Crippen molar-refractivity contribution in [2.45, 2.75) is 39.4 Å². The van der Waals surface area contributed by atoms with Gasteiger partial charge in [-0.15, -0.1) is 0 Å².